The number of hydrogen-bond acceptors (Lipinski definition) is 7. The lowest BCUT2D eigenvalue weighted by Crippen LogP contribution is -2.29. The first-order valence-corrected chi connectivity index (χ1v) is 10.0. The van der Waals surface area contributed by atoms with Crippen molar-refractivity contribution in [1.29, 1.82) is 0 Å². The summed E-state index contributed by atoms with van der Waals surface area (Å²) in [6.45, 7) is 1.61. The number of rotatable bonds is 7. The predicted molar refractivity (Wildman–Crippen MR) is 107 cm³/mol. The van der Waals surface area contributed by atoms with Gasteiger partial charge in [-0.05, 0) is 25.5 Å². The number of likely N-dealkylation sites (N-methyl/N-ethyl adjacent to an activating group) is 1. The Bertz CT molecular complexity index is 919. The highest BCUT2D eigenvalue weighted by Crippen LogP contribution is 2.31. The largest absolute Gasteiger partial charge is 0.371 e. The van der Waals surface area contributed by atoms with E-state index < -0.39 is 0 Å². The summed E-state index contributed by atoms with van der Waals surface area (Å²) >= 11 is 1.38. The van der Waals surface area contributed by atoms with Crippen LogP contribution in [-0.4, -0.2) is 51.4 Å². The van der Waals surface area contributed by atoms with Gasteiger partial charge in [0.1, 0.15) is 11.1 Å². The number of H-pyrrole nitrogens is 1. The highest BCUT2D eigenvalue weighted by Gasteiger charge is 2.22. The van der Waals surface area contributed by atoms with E-state index in [1.165, 1.54) is 11.3 Å². The molecule has 8 nitrogen and oxygen atoms in total. The van der Waals surface area contributed by atoms with Crippen LogP contribution in [0.15, 0.2) is 36.5 Å². The van der Waals surface area contributed by atoms with Crippen molar-refractivity contribution >= 4 is 22.4 Å². The molecule has 1 unspecified atom stereocenters. The average Bonchev–Trinajstić information content (AvgIpc) is 3.44. The fourth-order valence-electron chi connectivity index (χ4n) is 3.22. The fourth-order valence-corrected chi connectivity index (χ4v) is 4.07. The Hall–Kier alpha value is -2.62. The minimum atomic E-state index is -0.123. The molecule has 1 atom stereocenters. The molecule has 3 heterocycles. The maximum absolute atomic E-state index is 12.4. The molecule has 1 fully saturated rings. The van der Waals surface area contributed by atoms with Crippen molar-refractivity contribution < 1.29 is 9.53 Å². The molecule has 1 aromatic carbocycles. The number of anilines is 1. The zero-order valence-corrected chi connectivity index (χ0v) is 16.4. The van der Waals surface area contributed by atoms with E-state index in [9.17, 15) is 4.79 Å². The van der Waals surface area contributed by atoms with Gasteiger partial charge in [0.25, 0.3) is 0 Å². The van der Waals surface area contributed by atoms with Crippen molar-refractivity contribution in [3.63, 3.8) is 0 Å². The van der Waals surface area contributed by atoms with E-state index in [4.69, 9.17) is 4.74 Å². The predicted octanol–water partition coefficient (Wildman–Crippen LogP) is 2.85. The monoisotopic (exact) mass is 398 g/mol. The van der Waals surface area contributed by atoms with Crippen LogP contribution >= 0.6 is 11.3 Å². The molecule has 0 radical (unpaired) electrons. The summed E-state index contributed by atoms with van der Waals surface area (Å²) in [7, 11) is 1.90. The van der Waals surface area contributed by atoms with Gasteiger partial charge in [-0.3, -0.25) is 20.1 Å². The third kappa shape index (κ3) is 4.44. The number of amides is 1. The summed E-state index contributed by atoms with van der Waals surface area (Å²) in [5, 5.41) is 19.6. The molecule has 1 amide bonds. The first-order valence-electron chi connectivity index (χ1n) is 9.20. The Morgan fingerprint density at radius 3 is 3.00 bits per heavy atom. The molecule has 28 heavy (non-hydrogen) atoms. The number of hydrogen-bond donors (Lipinski definition) is 2. The lowest BCUT2D eigenvalue weighted by atomic mass is 10.1. The van der Waals surface area contributed by atoms with E-state index in [-0.39, 0.29) is 18.6 Å². The number of benzene rings is 1. The van der Waals surface area contributed by atoms with Gasteiger partial charge in [-0.1, -0.05) is 41.7 Å². The van der Waals surface area contributed by atoms with Crippen molar-refractivity contribution in [3.05, 3.63) is 47.1 Å². The maximum Gasteiger partial charge on any atom is 0.240 e. The van der Waals surface area contributed by atoms with Crippen LogP contribution in [0.1, 0.15) is 29.5 Å². The average molecular weight is 398 g/mol. The van der Waals surface area contributed by atoms with Crippen LogP contribution < -0.4 is 5.32 Å². The molecule has 0 bridgehead atoms. The molecule has 4 rings (SSSR count). The third-order valence-corrected chi connectivity index (χ3v) is 5.46. The lowest BCUT2D eigenvalue weighted by Gasteiger charge is -2.15. The molecular weight excluding hydrogens is 376 g/mol. The van der Waals surface area contributed by atoms with Gasteiger partial charge < -0.3 is 4.74 Å². The number of aromatic nitrogens is 4. The van der Waals surface area contributed by atoms with Crippen LogP contribution in [0.5, 0.6) is 0 Å². The number of nitrogens with one attached hydrogen (secondary N) is 2. The van der Waals surface area contributed by atoms with E-state index in [0.29, 0.717) is 11.7 Å². The molecular formula is C19H22N6O2S. The zero-order valence-electron chi connectivity index (χ0n) is 15.6. The van der Waals surface area contributed by atoms with Crippen molar-refractivity contribution in [2.45, 2.75) is 25.5 Å². The second-order valence-electron chi connectivity index (χ2n) is 6.80. The van der Waals surface area contributed by atoms with Crippen LogP contribution in [0.3, 0.4) is 0 Å². The molecule has 3 aromatic rings. The van der Waals surface area contributed by atoms with Gasteiger partial charge in [0, 0.05) is 18.7 Å². The second kappa shape index (κ2) is 8.59. The van der Waals surface area contributed by atoms with Gasteiger partial charge >= 0.3 is 0 Å². The molecule has 0 aliphatic carbocycles. The van der Waals surface area contributed by atoms with Crippen molar-refractivity contribution in [3.8, 4) is 11.3 Å². The lowest BCUT2D eigenvalue weighted by molar-refractivity contribution is -0.117. The summed E-state index contributed by atoms with van der Waals surface area (Å²) in [6, 6.07) is 10.0. The normalized spacial score (nSPS) is 16.6. The van der Waals surface area contributed by atoms with Crippen LogP contribution in [-0.2, 0) is 16.1 Å². The van der Waals surface area contributed by atoms with E-state index in [1.54, 1.807) is 6.20 Å². The molecule has 146 valence electrons. The molecule has 9 heteroatoms. The maximum atomic E-state index is 12.4. The Morgan fingerprint density at radius 2 is 2.21 bits per heavy atom. The van der Waals surface area contributed by atoms with Gasteiger partial charge in [0.05, 0.1) is 18.4 Å². The quantitative estimate of drug-likeness (QED) is 0.635. The number of nitrogens with zero attached hydrogens (tertiary/aromatic N) is 4. The van der Waals surface area contributed by atoms with Gasteiger partial charge in [-0.25, -0.2) is 0 Å². The minimum absolute atomic E-state index is 0.0170. The number of carbonyl (C=O) groups excluding carboxylic acids is 1. The summed E-state index contributed by atoms with van der Waals surface area (Å²) in [5.74, 6) is -0.123. The number of carbonyl (C=O) groups is 1. The minimum Gasteiger partial charge on any atom is -0.371 e. The van der Waals surface area contributed by atoms with Gasteiger partial charge in [-0.2, -0.15) is 5.10 Å². The van der Waals surface area contributed by atoms with Crippen LogP contribution in [0.25, 0.3) is 11.3 Å². The molecule has 2 N–H and O–H groups in total. The first kappa shape index (κ1) is 18.7. The first-order chi connectivity index (χ1) is 13.7. The van der Waals surface area contributed by atoms with E-state index in [1.807, 2.05) is 42.3 Å². The smallest absolute Gasteiger partial charge is 0.240 e. The molecule has 0 spiro atoms. The Balaban J connectivity index is 1.32. The molecule has 1 saturated heterocycles. The summed E-state index contributed by atoms with van der Waals surface area (Å²) < 4.78 is 5.61. The van der Waals surface area contributed by atoms with E-state index >= 15 is 0 Å². The third-order valence-electron chi connectivity index (χ3n) is 4.53. The fraction of sp³-hybridized carbons (Fsp3) is 0.368. The second-order valence-corrected chi connectivity index (χ2v) is 7.81. The van der Waals surface area contributed by atoms with Crippen LogP contribution in [0.2, 0.25) is 0 Å². The summed E-state index contributed by atoms with van der Waals surface area (Å²) in [4.78, 5) is 14.3. The van der Waals surface area contributed by atoms with E-state index in [0.717, 1.165) is 41.3 Å². The highest BCUT2D eigenvalue weighted by molar-refractivity contribution is 7.15. The van der Waals surface area contributed by atoms with Crippen molar-refractivity contribution in [1.82, 2.24) is 25.3 Å². The zero-order chi connectivity index (χ0) is 19.3. The molecule has 2 aromatic heterocycles. The van der Waals surface area contributed by atoms with Gasteiger partial charge in [0.15, 0.2) is 0 Å². The van der Waals surface area contributed by atoms with Gasteiger partial charge in [0.2, 0.25) is 11.0 Å². The molecule has 0 saturated carbocycles. The van der Waals surface area contributed by atoms with E-state index in [2.05, 4.69) is 25.7 Å². The standard InChI is InChI=1S/C19H22N6O2S/c1-25(11-14-10-20-22-17(14)13-6-3-2-4-7-13)12-16(26)21-19-24-23-18(28-19)15-8-5-9-27-15/h2-4,6-7,10,15H,5,8-9,11-12H2,1H3,(H,20,22)(H,21,24,26). The molecule has 1 aliphatic rings. The Morgan fingerprint density at radius 1 is 1.36 bits per heavy atom. The van der Waals surface area contributed by atoms with Crippen LogP contribution in [0.4, 0.5) is 5.13 Å². The summed E-state index contributed by atoms with van der Waals surface area (Å²) in [5.41, 5.74) is 3.08. The number of aromatic amines is 1. The highest BCUT2D eigenvalue weighted by atomic mass is 32.1. The van der Waals surface area contributed by atoms with Crippen molar-refractivity contribution in [2.24, 2.45) is 0 Å². The SMILES string of the molecule is CN(CC(=O)Nc1nnc(C2CCCO2)s1)Cc1cn[nH]c1-c1ccccc1. The van der Waals surface area contributed by atoms with Crippen molar-refractivity contribution in [2.75, 3.05) is 25.5 Å². The topological polar surface area (TPSA) is 96.0 Å². The summed E-state index contributed by atoms with van der Waals surface area (Å²) in [6.07, 6.45) is 3.81. The Labute approximate surface area is 166 Å². The van der Waals surface area contributed by atoms with Gasteiger partial charge in [-0.15, -0.1) is 10.2 Å². The molecule has 1 aliphatic heterocycles. The Kier molecular flexibility index (Phi) is 5.75. The van der Waals surface area contributed by atoms with Crippen LogP contribution in [0, 0.1) is 0 Å². The number of ether oxygens (including phenoxy) is 1.